The fourth-order valence-electron chi connectivity index (χ4n) is 3.32. The van der Waals surface area contributed by atoms with Crippen LogP contribution in [0, 0.1) is 5.92 Å². The minimum atomic E-state index is 0.389. The first kappa shape index (κ1) is 13.8. The van der Waals surface area contributed by atoms with Gasteiger partial charge in [-0.3, -0.25) is 0 Å². The highest BCUT2D eigenvalue weighted by Crippen LogP contribution is 2.42. The molecule has 1 aliphatic rings. The van der Waals surface area contributed by atoms with E-state index in [1.54, 1.807) is 0 Å². The molecular weight excluding hydrogens is 264 g/mol. The van der Waals surface area contributed by atoms with Crippen LogP contribution in [0.25, 0.3) is 10.8 Å². The molecule has 2 aromatic rings. The smallest absolute Gasteiger partial charge is 0.123 e. The van der Waals surface area contributed by atoms with E-state index in [4.69, 9.17) is 0 Å². The Hall–Kier alpha value is -1.15. The summed E-state index contributed by atoms with van der Waals surface area (Å²) in [7, 11) is 0. The molecule has 2 aromatic carbocycles. The highest BCUT2D eigenvalue weighted by molar-refractivity contribution is 8.00. The molecule has 1 aliphatic carbocycles. The summed E-state index contributed by atoms with van der Waals surface area (Å²) in [6, 6.07) is 12.1. The van der Waals surface area contributed by atoms with Gasteiger partial charge in [-0.1, -0.05) is 50.5 Å². The van der Waals surface area contributed by atoms with Crippen molar-refractivity contribution < 1.29 is 5.11 Å². The maximum atomic E-state index is 9.99. The number of thioether (sulfide) groups is 1. The van der Waals surface area contributed by atoms with Gasteiger partial charge in [0.1, 0.15) is 5.75 Å². The molecular formula is C18H22OS. The summed E-state index contributed by atoms with van der Waals surface area (Å²) in [6.45, 7) is 2.32. The van der Waals surface area contributed by atoms with Gasteiger partial charge in [-0.2, -0.15) is 0 Å². The molecule has 0 spiro atoms. The van der Waals surface area contributed by atoms with E-state index < -0.39 is 0 Å². The number of hydrogen-bond donors (Lipinski definition) is 1. The third-order valence-electron chi connectivity index (χ3n) is 4.50. The Labute approximate surface area is 125 Å². The summed E-state index contributed by atoms with van der Waals surface area (Å²) in [4.78, 5) is 1.32. The van der Waals surface area contributed by atoms with E-state index in [0.717, 1.165) is 16.6 Å². The molecule has 1 N–H and O–H groups in total. The average molecular weight is 286 g/mol. The summed E-state index contributed by atoms with van der Waals surface area (Å²) in [5.74, 6) is 1.24. The number of benzene rings is 2. The van der Waals surface area contributed by atoms with E-state index in [0.29, 0.717) is 5.75 Å². The molecule has 0 heterocycles. The van der Waals surface area contributed by atoms with Gasteiger partial charge in [0.2, 0.25) is 0 Å². The van der Waals surface area contributed by atoms with Crippen LogP contribution in [0.3, 0.4) is 0 Å². The lowest BCUT2D eigenvalue weighted by atomic mass is 9.87. The minimum absolute atomic E-state index is 0.389. The molecule has 2 unspecified atom stereocenters. The number of hydrogen-bond acceptors (Lipinski definition) is 2. The second-order valence-corrected chi connectivity index (χ2v) is 7.02. The molecule has 0 aromatic heterocycles. The summed E-state index contributed by atoms with van der Waals surface area (Å²) in [5, 5.41) is 12.9. The van der Waals surface area contributed by atoms with Gasteiger partial charge >= 0.3 is 0 Å². The van der Waals surface area contributed by atoms with Crippen molar-refractivity contribution in [3.8, 4) is 5.75 Å². The number of aromatic hydroxyl groups is 1. The van der Waals surface area contributed by atoms with E-state index in [1.165, 1.54) is 42.4 Å². The van der Waals surface area contributed by atoms with Crippen molar-refractivity contribution in [1.82, 2.24) is 0 Å². The third kappa shape index (κ3) is 2.67. The molecule has 0 saturated heterocycles. The quantitative estimate of drug-likeness (QED) is 0.791. The van der Waals surface area contributed by atoms with Crippen molar-refractivity contribution in [2.45, 2.75) is 49.2 Å². The largest absolute Gasteiger partial charge is 0.507 e. The number of phenolic OH excluding ortho intramolecular Hbond substituents is 1. The molecule has 0 bridgehead atoms. The van der Waals surface area contributed by atoms with Gasteiger partial charge in [0.25, 0.3) is 0 Å². The average Bonchev–Trinajstić information content (AvgIpc) is 2.51. The summed E-state index contributed by atoms with van der Waals surface area (Å²) < 4.78 is 0. The Balaban J connectivity index is 1.92. The van der Waals surface area contributed by atoms with Crippen LogP contribution in [0.4, 0.5) is 0 Å². The van der Waals surface area contributed by atoms with Crippen molar-refractivity contribution in [2.24, 2.45) is 5.92 Å². The normalized spacial score (nSPS) is 23.1. The van der Waals surface area contributed by atoms with Crippen LogP contribution in [-0.4, -0.2) is 10.4 Å². The van der Waals surface area contributed by atoms with E-state index >= 15 is 0 Å². The fourth-order valence-corrected chi connectivity index (χ4v) is 4.90. The standard InChI is InChI=1S/C18H22OS/c1-2-13-7-3-6-10-17(13)20-18-12-11-16(19)14-8-4-5-9-15(14)18/h4-5,8-9,11-13,17,19H,2-3,6-7,10H2,1H3. The Morgan fingerprint density at radius 1 is 1.05 bits per heavy atom. The third-order valence-corrected chi connectivity index (χ3v) is 6.04. The fraction of sp³-hybridized carbons (Fsp3) is 0.444. The molecule has 1 fully saturated rings. The van der Waals surface area contributed by atoms with Gasteiger partial charge in [0.05, 0.1) is 0 Å². The molecule has 0 amide bonds. The lowest BCUT2D eigenvalue weighted by Gasteiger charge is -2.30. The zero-order valence-electron chi connectivity index (χ0n) is 12.0. The van der Waals surface area contributed by atoms with E-state index in [-0.39, 0.29) is 0 Å². The minimum Gasteiger partial charge on any atom is -0.507 e. The molecule has 2 heteroatoms. The molecule has 2 atom stereocenters. The molecule has 1 nitrogen and oxygen atoms in total. The maximum absolute atomic E-state index is 9.99. The monoisotopic (exact) mass is 286 g/mol. The topological polar surface area (TPSA) is 20.2 Å². The van der Waals surface area contributed by atoms with Crippen LogP contribution in [0.2, 0.25) is 0 Å². The van der Waals surface area contributed by atoms with Crippen molar-refractivity contribution in [3.05, 3.63) is 36.4 Å². The highest BCUT2D eigenvalue weighted by Gasteiger charge is 2.25. The first-order valence-corrected chi connectivity index (χ1v) is 8.55. The summed E-state index contributed by atoms with van der Waals surface area (Å²) >= 11 is 2.02. The number of fused-ring (bicyclic) bond motifs is 1. The molecule has 0 radical (unpaired) electrons. The summed E-state index contributed by atoms with van der Waals surface area (Å²) in [5.41, 5.74) is 0. The highest BCUT2D eigenvalue weighted by atomic mass is 32.2. The van der Waals surface area contributed by atoms with Gasteiger partial charge in [-0.15, -0.1) is 11.8 Å². The van der Waals surface area contributed by atoms with Crippen molar-refractivity contribution in [3.63, 3.8) is 0 Å². The van der Waals surface area contributed by atoms with Crippen LogP contribution in [0.1, 0.15) is 39.0 Å². The molecule has 20 heavy (non-hydrogen) atoms. The van der Waals surface area contributed by atoms with Crippen LogP contribution in [-0.2, 0) is 0 Å². The molecule has 1 saturated carbocycles. The predicted molar refractivity (Wildman–Crippen MR) is 87.5 cm³/mol. The Morgan fingerprint density at radius 2 is 1.80 bits per heavy atom. The second kappa shape index (κ2) is 6.09. The molecule has 0 aliphatic heterocycles. The zero-order chi connectivity index (χ0) is 13.9. The van der Waals surface area contributed by atoms with Gasteiger partial charge in [0, 0.05) is 15.5 Å². The van der Waals surface area contributed by atoms with Gasteiger partial charge < -0.3 is 5.11 Å². The first-order chi connectivity index (χ1) is 9.79. The Morgan fingerprint density at radius 3 is 2.60 bits per heavy atom. The van der Waals surface area contributed by atoms with E-state index in [2.05, 4.69) is 25.1 Å². The number of rotatable bonds is 3. The SMILES string of the molecule is CCC1CCCCC1Sc1ccc(O)c2ccccc12. The van der Waals surface area contributed by atoms with Crippen LogP contribution < -0.4 is 0 Å². The summed E-state index contributed by atoms with van der Waals surface area (Å²) in [6.07, 6.45) is 6.76. The lowest BCUT2D eigenvalue weighted by Crippen LogP contribution is -2.21. The second-order valence-electron chi connectivity index (χ2n) is 5.74. The number of phenols is 1. The first-order valence-electron chi connectivity index (χ1n) is 7.67. The van der Waals surface area contributed by atoms with Crippen LogP contribution >= 0.6 is 11.8 Å². The van der Waals surface area contributed by atoms with Crippen molar-refractivity contribution in [1.29, 1.82) is 0 Å². The Bertz CT molecular complexity index is 593. The van der Waals surface area contributed by atoms with E-state index in [9.17, 15) is 5.11 Å². The van der Waals surface area contributed by atoms with Gasteiger partial charge in [0.15, 0.2) is 0 Å². The van der Waals surface area contributed by atoms with Crippen molar-refractivity contribution in [2.75, 3.05) is 0 Å². The van der Waals surface area contributed by atoms with Gasteiger partial charge in [-0.05, 0) is 36.3 Å². The van der Waals surface area contributed by atoms with Crippen LogP contribution in [0.5, 0.6) is 5.75 Å². The maximum Gasteiger partial charge on any atom is 0.123 e. The lowest BCUT2D eigenvalue weighted by molar-refractivity contribution is 0.361. The molecule has 3 rings (SSSR count). The Kier molecular flexibility index (Phi) is 4.21. The van der Waals surface area contributed by atoms with Gasteiger partial charge in [-0.25, -0.2) is 0 Å². The van der Waals surface area contributed by atoms with E-state index in [1.807, 2.05) is 30.0 Å². The molecule has 106 valence electrons. The van der Waals surface area contributed by atoms with Crippen molar-refractivity contribution >= 4 is 22.5 Å². The zero-order valence-corrected chi connectivity index (χ0v) is 12.8. The predicted octanol–water partition coefficient (Wildman–Crippen LogP) is 5.61. The van der Waals surface area contributed by atoms with Crippen LogP contribution in [0.15, 0.2) is 41.3 Å².